The lowest BCUT2D eigenvalue weighted by molar-refractivity contribution is -0.260. The van der Waals surface area contributed by atoms with Crippen LogP contribution >= 0.6 is 0 Å². The zero-order chi connectivity index (χ0) is 31.2. The second-order valence-electron chi connectivity index (χ2n) is 11.4. The first-order valence-corrected chi connectivity index (χ1v) is 15.4. The molecule has 4 aromatic rings. The Kier molecular flexibility index (Phi) is 8.20. The Morgan fingerprint density at radius 3 is 1.91 bits per heavy atom. The molecule has 0 aromatic heterocycles. The highest BCUT2D eigenvalue weighted by Crippen LogP contribution is 2.45. The first kappa shape index (κ1) is 30.9. The van der Waals surface area contributed by atoms with Gasteiger partial charge in [0.15, 0.2) is 12.1 Å². The van der Waals surface area contributed by atoms with E-state index in [1.54, 1.807) is 13.8 Å². The third-order valence-corrected chi connectivity index (χ3v) is 8.67. The second kappa shape index (κ2) is 11.7. The van der Waals surface area contributed by atoms with Gasteiger partial charge < -0.3 is 23.7 Å². The van der Waals surface area contributed by atoms with Crippen molar-refractivity contribution in [1.29, 1.82) is 0 Å². The topological polar surface area (TPSA) is 89.5 Å². The molecule has 234 valence electrons. The summed E-state index contributed by atoms with van der Waals surface area (Å²) in [6, 6.07) is 27.0. The summed E-state index contributed by atoms with van der Waals surface area (Å²) in [6.07, 6.45) is -3.11. The molecule has 0 aliphatic carbocycles. The predicted molar refractivity (Wildman–Crippen MR) is 155 cm³/mol. The standard InChI is InChI=1S/C32H31F3O8S/c1-30(2)41-27-28(39-18-22-12-14-24-8-4-6-10-26(24)16-22)31(43-29(27)42-30,20-40-44(36,37)32(33,34)35)19-38-17-21-11-13-23-7-3-5-9-25(23)15-21/h3-16,27-29H,17-20H2,1-2H3/t27-,28+,29+,31+/m1/s1. The van der Waals surface area contributed by atoms with Crippen molar-refractivity contribution in [3.8, 4) is 0 Å². The number of benzene rings is 4. The molecule has 0 saturated carbocycles. The minimum atomic E-state index is -5.96. The number of hydrogen-bond acceptors (Lipinski definition) is 8. The maximum Gasteiger partial charge on any atom is 0.523 e. The SMILES string of the molecule is CC1(C)O[C@H]2O[C@@](COCc3ccc4ccccc4c3)(COS(=O)(=O)C(F)(F)F)[C@@H](OCc3ccc4ccccc4c3)[C@H]2O1. The van der Waals surface area contributed by atoms with E-state index >= 15 is 0 Å². The highest BCUT2D eigenvalue weighted by Gasteiger charge is 2.64. The molecule has 12 heteroatoms. The van der Waals surface area contributed by atoms with Gasteiger partial charge in [-0.25, -0.2) is 0 Å². The van der Waals surface area contributed by atoms with Crippen LogP contribution in [0.5, 0.6) is 0 Å². The molecule has 2 aliphatic rings. The molecule has 2 aliphatic heterocycles. The van der Waals surface area contributed by atoms with Crippen molar-refractivity contribution in [2.75, 3.05) is 13.2 Å². The van der Waals surface area contributed by atoms with E-state index < -0.39 is 52.1 Å². The fourth-order valence-corrected chi connectivity index (χ4v) is 6.09. The van der Waals surface area contributed by atoms with E-state index in [1.165, 1.54) is 0 Å². The van der Waals surface area contributed by atoms with Gasteiger partial charge in [-0.15, -0.1) is 0 Å². The molecule has 2 saturated heterocycles. The zero-order valence-electron chi connectivity index (χ0n) is 24.0. The average molecular weight is 633 g/mol. The Morgan fingerprint density at radius 2 is 1.32 bits per heavy atom. The van der Waals surface area contributed by atoms with Crippen LogP contribution in [0.1, 0.15) is 25.0 Å². The molecule has 2 fully saturated rings. The van der Waals surface area contributed by atoms with Crippen LogP contribution < -0.4 is 0 Å². The quantitative estimate of drug-likeness (QED) is 0.151. The molecule has 2 heterocycles. The molecule has 4 aromatic carbocycles. The van der Waals surface area contributed by atoms with Gasteiger partial charge in [0.05, 0.1) is 19.8 Å². The van der Waals surface area contributed by atoms with E-state index in [2.05, 4.69) is 4.18 Å². The number of rotatable bonds is 10. The van der Waals surface area contributed by atoms with Gasteiger partial charge in [0.1, 0.15) is 24.4 Å². The zero-order valence-corrected chi connectivity index (χ0v) is 24.8. The minimum absolute atomic E-state index is 0.0182. The highest BCUT2D eigenvalue weighted by atomic mass is 32.2. The molecule has 0 bridgehead atoms. The lowest BCUT2D eigenvalue weighted by Crippen LogP contribution is -2.54. The van der Waals surface area contributed by atoms with E-state index in [0.29, 0.717) is 0 Å². The number of hydrogen-bond donors (Lipinski definition) is 0. The van der Waals surface area contributed by atoms with Crippen molar-refractivity contribution in [2.45, 2.75) is 62.5 Å². The fourth-order valence-electron chi connectivity index (χ4n) is 5.60. The molecule has 8 nitrogen and oxygen atoms in total. The lowest BCUT2D eigenvalue weighted by atomic mass is 9.96. The van der Waals surface area contributed by atoms with E-state index in [0.717, 1.165) is 32.7 Å². The smallest absolute Gasteiger partial charge is 0.374 e. The van der Waals surface area contributed by atoms with Gasteiger partial charge in [-0.05, 0) is 58.7 Å². The molecule has 6 rings (SSSR count). The summed E-state index contributed by atoms with van der Waals surface area (Å²) in [5.41, 5.74) is -5.90. The summed E-state index contributed by atoms with van der Waals surface area (Å²) in [7, 11) is -5.96. The third kappa shape index (κ3) is 6.34. The van der Waals surface area contributed by atoms with Crippen molar-refractivity contribution in [3.05, 3.63) is 96.1 Å². The van der Waals surface area contributed by atoms with Crippen molar-refractivity contribution in [2.24, 2.45) is 0 Å². The molecule has 0 radical (unpaired) electrons. The normalized spacial score (nSPS) is 25.1. The molecular weight excluding hydrogens is 601 g/mol. The van der Waals surface area contributed by atoms with E-state index in [-0.39, 0.29) is 19.8 Å². The Hall–Kier alpha value is -3.10. The summed E-state index contributed by atoms with van der Waals surface area (Å²) >= 11 is 0. The van der Waals surface area contributed by atoms with Gasteiger partial charge in [0.2, 0.25) is 0 Å². The van der Waals surface area contributed by atoms with Crippen molar-refractivity contribution < 1.29 is 49.5 Å². The van der Waals surface area contributed by atoms with Crippen LogP contribution in [-0.4, -0.2) is 57.0 Å². The fraction of sp³-hybridized carbons (Fsp3) is 0.375. The Balaban J connectivity index is 1.28. The van der Waals surface area contributed by atoms with Gasteiger partial charge in [0, 0.05) is 0 Å². The van der Waals surface area contributed by atoms with Crippen molar-refractivity contribution >= 4 is 31.7 Å². The van der Waals surface area contributed by atoms with Crippen molar-refractivity contribution in [3.63, 3.8) is 0 Å². The van der Waals surface area contributed by atoms with Crippen LogP contribution in [0.15, 0.2) is 84.9 Å². The summed E-state index contributed by atoms with van der Waals surface area (Å²) in [5, 5.41) is 4.01. The van der Waals surface area contributed by atoms with Crippen LogP contribution in [0.2, 0.25) is 0 Å². The summed E-state index contributed by atoms with van der Waals surface area (Å²) in [4.78, 5) is 0. The monoisotopic (exact) mass is 632 g/mol. The number of ether oxygens (including phenoxy) is 5. The molecule has 0 spiro atoms. The first-order valence-electron chi connectivity index (χ1n) is 14.0. The Labute approximate surface area is 252 Å². The van der Waals surface area contributed by atoms with Crippen LogP contribution in [0.25, 0.3) is 21.5 Å². The number of fused-ring (bicyclic) bond motifs is 3. The lowest BCUT2D eigenvalue weighted by Gasteiger charge is -2.36. The van der Waals surface area contributed by atoms with Crippen LogP contribution in [0, 0.1) is 0 Å². The van der Waals surface area contributed by atoms with E-state index in [9.17, 15) is 21.6 Å². The van der Waals surface area contributed by atoms with Gasteiger partial charge in [-0.2, -0.15) is 21.6 Å². The van der Waals surface area contributed by atoms with Crippen LogP contribution in [0.4, 0.5) is 13.2 Å². The van der Waals surface area contributed by atoms with Crippen LogP contribution in [-0.2, 0) is 51.2 Å². The van der Waals surface area contributed by atoms with Crippen molar-refractivity contribution in [1.82, 2.24) is 0 Å². The van der Waals surface area contributed by atoms with Gasteiger partial charge >= 0.3 is 15.6 Å². The maximum atomic E-state index is 13.3. The summed E-state index contributed by atoms with van der Waals surface area (Å²) in [5.74, 6) is -1.09. The summed E-state index contributed by atoms with van der Waals surface area (Å²) in [6.45, 7) is 1.98. The summed E-state index contributed by atoms with van der Waals surface area (Å²) < 4.78 is 98.8. The highest BCUT2D eigenvalue weighted by molar-refractivity contribution is 7.87. The first-order chi connectivity index (χ1) is 20.8. The van der Waals surface area contributed by atoms with E-state index in [4.69, 9.17) is 23.7 Å². The maximum absolute atomic E-state index is 13.3. The largest absolute Gasteiger partial charge is 0.523 e. The molecular formula is C32H31F3O8S. The van der Waals surface area contributed by atoms with Crippen LogP contribution in [0.3, 0.4) is 0 Å². The van der Waals surface area contributed by atoms with E-state index in [1.807, 2.05) is 84.9 Å². The Bertz CT molecular complexity index is 1760. The molecule has 44 heavy (non-hydrogen) atoms. The molecule has 0 N–H and O–H groups in total. The number of halogens is 3. The third-order valence-electron chi connectivity index (χ3n) is 7.67. The molecule has 0 unspecified atom stereocenters. The van der Waals surface area contributed by atoms with Gasteiger partial charge in [-0.3, -0.25) is 4.18 Å². The van der Waals surface area contributed by atoms with Gasteiger partial charge in [-0.1, -0.05) is 72.8 Å². The number of alkyl halides is 3. The molecule has 4 atom stereocenters. The van der Waals surface area contributed by atoms with Gasteiger partial charge in [0.25, 0.3) is 0 Å². The minimum Gasteiger partial charge on any atom is -0.374 e. The average Bonchev–Trinajstić information content (AvgIpc) is 3.42. The molecule has 0 amide bonds. The second-order valence-corrected chi connectivity index (χ2v) is 13.0. The predicted octanol–water partition coefficient (Wildman–Crippen LogP) is 6.21. The Morgan fingerprint density at radius 1 is 0.750 bits per heavy atom.